The molecular weight excluding hydrogens is 260 g/mol. The average Bonchev–Trinajstić information content (AvgIpc) is 3.08. The highest BCUT2D eigenvalue weighted by molar-refractivity contribution is 7.13. The molecule has 2 aromatic heterocycles. The zero-order valence-corrected chi connectivity index (χ0v) is 11.8. The number of nitrogens with zero attached hydrogens (tertiary/aromatic N) is 2. The molecule has 2 N–H and O–H groups in total. The number of anilines is 1. The molecule has 102 valence electrons. The largest absolute Gasteiger partial charge is 0.383 e. The van der Waals surface area contributed by atoms with Crippen molar-refractivity contribution in [1.29, 1.82) is 0 Å². The number of ether oxygens (including phenoxy) is 1. The Morgan fingerprint density at radius 3 is 3.26 bits per heavy atom. The number of aromatic nitrogens is 2. The summed E-state index contributed by atoms with van der Waals surface area (Å²) in [5.41, 5.74) is 1.14. The summed E-state index contributed by atoms with van der Waals surface area (Å²) in [4.78, 5) is 5.73. The number of hydrogen-bond donors (Lipinski definition) is 2. The van der Waals surface area contributed by atoms with Crippen LogP contribution in [0.1, 0.15) is 24.6 Å². The highest BCUT2D eigenvalue weighted by Gasteiger charge is 2.18. The van der Waals surface area contributed by atoms with E-state index in [0.717, 1.165) is 34.8 Å². The Morgan fingerprint density at radius 2 is 2.47 bits per heavy atom. The van der Waals surface area contributed by atoms with Crippen molar-refractivity contribution in [3.8, 4) is 0 Å². The zero-order chi connectivity index (χ0) is 13.1. The molecule has 1 unspecified atom stereocenters. The van der Waals surface area contributed by atoms with E-state index >= 15 is 0 Å². The highest BCUT2D eigenvalue weighted by atomic mass is 32.1. The number of rotatable bonds is 5. The lowest BCUT2D eigenvalue weighted by molar-refractivity contribution is 0.210. The van der Waals surface area contributed by atoms with E-state index in [1.54, 1.807) is 7.11 Å². The van der Waals surface area contributed by atoms with Gasteiger partial charge in [-0.25, -0.2) is 4.98 Å². The van der Waals surface area contributed by atoms with E-state index < -0.39 is 0 Å². The van der Waals surface area contributed by atoms with Crippen molar-refractivity contribution in [2.24, 2.45) is 0 Å². The molecule has 1 atom stereocenters. The van der Waals surface area contributed by atoms with Gasteiger partial charge in [-0.2, -0.15) is 4.37 Å². The zero-order valence-electron chi connectivity index (χ0n) is 11.0. The van der Waals surface area contributed by atoms with Crippen LogP contribution in [0.3, 0.4) is 0 Å². The lowest BCUT2D eigenvalue weighted by Gasteiger charge is -2.09. The van der Waals surface area contributed by atoms with E-state index in [1.807, 2.05) is 0 Å². The van der Waals surface area contributed by atoms with E-state index in [0.29, 0.717) is 12.6 Å². The fourth-order valence-corrected chi connectivity index (χ4v) is 3.12. The highest BCUT2D eigenvalue weighted by Crippen LogP contribution is 2.28. The van der Waals surface area contributed by atoms with Crippen LogP contribution in [0, 0.1) is 0 Å². The predicted molar refractivity (Wildman–Crippen MR) is 77.8 cm³/mol. The smallest absolute Gasteiger partial charge is 0.149 e. The Morgan fingerprint density at radius 1 is 1.53 bits per heavy atom. The van der Waals surface area contributed by atoms with Gasteiger partial charge in [0.05, 0.1) is 17.7 Å². The van der Waals surface area contributed by atoms with Gasteiger partial charge in [0.25, 0.3) is 0 Å². The molecule has 19 heavy (non-hydrogen) atoms. The quantitative estimate of drug-likeness (QED) is 0.821. The third kappa shape index (κ3) is 2.70. The van der Waals surface area contributed by atoms with Gasteiger partial charge in [0.1, 0.15) is 10.6 Å². The molecule has 3 heterocycles. The van der Waals surface area contributed by atoms with Crippen molar-refractivity contribution < 1.29 is 4.74 Å². The summed E-state index contributed by atoms with van der Waals surface area (Å²) < 4.78 is 9.45. The topological polar surface area (TPSA) is 59.1 Å². The first-order chi connectivity index (χ1) is 9.38. The van der Waals surface area contributed by atoms with Crippen molar-refractivity contribution in [2.75, 3.05) is 32.1 Å². The standard InChI is InChI=1S/C13H18N4OS/c1-18-8-7-15-12-9-4-5-11(10-3-2-6-14-10)16-13(9)19-17-12/h4-5,10,14H,2-3,6-8H2,1H3,(H,15,17). The molecule has 1 fully saturated rings. The van der Waals surface area contributed by atoms with Crippen LogP contribution in [0.15, 0.2) is 12.1 Å². The molecule has 6 heteroatoms. The maximum atomic E-state index is 5.03. The molecule has 0 amide bonds. The van der Waals surface area contributed by atoms with Crippen molar-refractivity contribution in [3.05, 3.63) is 17.8 Å². The number of nitrogens with one attached hydrogen (secondary N) is 2. The van der Waals surface area contributed by atoms with Crippen molar-refractivity contribution in [2.45, 2.75) is 18.9 Å². The van der Waals surface area contributed by atoms with Crippen LogP contribution < -0.4 is 10.6 Å². The lowest BCUT2D eigenvalue weighted by Crippen LogP contribution is -2.14. The minimum atomic E-state index is 0.413. The molecule has 3 rings (SSSR count). The van der Waals surface area contributed by atoms with Gasteiger partial charge in [0, 0.05) is 19.7 Å². The van der Waals surface area contributed by atoms with Crippen molar-refractivity contribution in [3.63, 3.8) is 0 Å². The maximum Gasteiger partial charge on any atom is 0.149 e. The molecule has 1 aliphatic heterocycles. The first kappa shape index (κ1) is 12.8. The van der Waals surface area contributed by atoms with Gasteiger partial charge in [-0.05, 0) is 43.1 Å². The van der Waals surface area contributed by atoms with Gasteiger partial charge in [0.15, 0.2) is 0 Å². The van der Waals surface area contributed by atoms with E-state index in [1.165, 1.54) is 24.4 Å². The van der Waals surface area contributed by atoms with Crippen molar-refractivity contribution >= 4 is 27.6 Å². The Kier molecular flexibility index (Phi) is 3.91. The van der Waals surface area contributed by atoms with E-state index in [4.69, 9.17) is 9.72 Å². The Labute approximate surface area is 116 Å². The molecule has 0 aromatic carbocycles. The van der Waals surface area contributed by atoms with Gasteiger partial charge >= 0.3 is 0 Å². The number of methoxy groups -OCH3 is 1. The maximum absolute atomic E-state index is 5.03. The molecule has 0 radical (unpaired) electrons. The molecule has 2 aromatic rings. The van der Waals surface area contributed by atoms with Crippen LogP contribution >= 0.6 is 11.5 Å². The lowest BCUT2D eigenvalue weighted by atomic mass is 10.1. The van der Waals surface area contributed by atoms with E-state index in [-0.39, 0.29) is 0 Å². The second-order valence-corrected chi connectivity index (χ2v) is 5.44. The summed E-state index contributed by atoms with van der Waals surface area (Å²) in [6, 6.07) is 4.65. The normalized spacial score (nSPS) is 19.1. The van der Waals surface area contributed by atoms with Gasteiger partial charge in [0.2, 0.25) is 0 Å². The van der Waals surface area contributed by atoms with Crippen LogP contribution in [0.5, 0.6) is 0 Å². The summed E-state index contributed by atoms with van der Waals surface area (Å²) in [5, 5.41) is 7.85. The molecule has 0 aliphatic carbocycles. The fourth-order valence-electron chi connectivity index (χ4n) is 2.37. The minimum absolute atomic E-state index is 0.413. The summed E-state index contributed by atoms with van der Waals surface area (Å²) in [5.74, 6) is 0.912. The van der Waals surface area contributed by atoms with Crippen LogP contribution in [0.2, 0.25) is 0 Å². The minimum Gasteiger partial charge on any atom is -0.383 e. The third-order valence-corrected chi connectivity index (χ3v) is 4.13. The molecule has 0 spiro atoms. The van der Waals surface area contributed by atoms with Crippen LogP contribution in [-0.4, -0.2) is 36.2 Å². The molecule has 5 nitrogen and oxygen atoms in total. The van der Waals surface area contributed by atoms with Crippen LogP contribution in [0.4, 0.5) is 5.82 Å². The van der Waals surface area contributed by atoms with Gasteiger partial charge in [-0.3, -0.25) is 0 Å². The molecule has 0 saturated carbocycles. The predicted octanol–water partition coefficient (Wildman–Crippen LogP) is 2.17. The fraction of sp³-hybridized carbons (Fsp3) is 0.538. The Hall–Kier alpha value is -1.24. The van der Waals surface area contributed by atoms with E-state index in [9.17, 15) is 0 Å². The first-order valence-electron chi connectivity index (χ1n) is 6.61. The van der Waals surface area contributed by atoms with E-state index in [2.05, 4.69) is 27.1 Å². The second kappa shape index (κ2) is 5.81. The average molecular weight is 278 g/mol. The van der Waals surface area contributed by atoms with Crippen LogP contribution in [0.25, 0.3) is 10.2 Å². The number of pyridine rings is 1. The summed E-state index contributed by atoms with van der Waals surface area (Å²) >= 11 is 1.45. The summed E-state index contributed by atoms with van der Waals surface area (Å²) in [6.07, 6.45) is 2.41. The van der Waals surface area contributed by atoms with Crippen molar-refractivity contribution in [1.82, 2.24) is 14.7 Å². The van der Waals surface area contributed by atoms with Gasteiger partial charge in [-0.1, -0.05) is 0 Å². The van der Waals surface area contributed by atoms with Gasteiger partial charge < -0.3 is 15.4 Å². The van der Waals surface area contributed by atoms with Crippen LogP contribution in [-0.2, 0) is 4.74 Å². The molecule has 1 saturated heterocycles. The molecule has 1 aliphatic rings. The monoisotopic (exact) mass is 278 g/mol. The molecular formula is C13H18N4OS. The molecule has 0 bridgehead atoms. The SMILES string of the molecule is COCCNc1nsc2nc(C3CCCN3)ccc12. The third-order valence-electron chi connectivity index (χ3n) is 3.38. The Balaban J connectivity index is 1.80. The first-order valence-corrected chi connectivity index (χ1v) is 7.38. The van der Waals surface area contributed by atoms with Gasteiger partial charge in [-0.15, -0.1) is 0 Å². The number of fused-ring (bicyclic) bond motifs is 1. The Bertz CT molecular complexity index is 551. The second-order valence-electron chi connectivity index (χ2n) is 4.69. The summed E-state index contributed by atoms with van der Waals surface area (Å²) in [6.45, 7) is 2.54. The number of hydrogen-bond acceptors (Lipinski definition) is 6. The summed E-state index contributed by atoms with van der Waals surface area (Å²) in [7, 11) is 1.70.